The quantitative estimate of drug-likeness (QED) is 0.702. The number of nitrogens with zero attached hydrogens (tertiary/aromatic N) is 2. The van der Waals surface area contributed by atoms with Gasteiger partial charge in [-0.25, -0.2) is 4.98 Å². The molecule has 2 heterocycles. The van der Waals surface area contributed by atoms with Gasteiger partial charge in [0.15, 0.2) is 0 Å². The Hall–Kier alpha value is -2.34. The first kappa shape index (κ1) is 21.0. The van der Waals surface area contributed by atoms with Crippen LogP contribution in [0.25, 0.3) is 5.69 Å². The molecule has 1 aliphatic rings. The largest absolute Gasteiger partial charge is 0.351 e. The average Bonchev–Trinajstić information content (AvgIpc) is 3.20. The molecule has 0 saturated heterocycles. The lowest BCUT2D eigenvalue weighted by Crippen LogP contribution is -2.47. The monoisotopic (exact) mass is 404 g/mol. The second-order valence-electron chi connectivity index (χ2n) is 6.22. The molecule has 142 valence electrons. The Bertz CT molecular complexity index is 883. The van der Waals surface area contributed by atoms with Crippen molar-refractivity contribution in [2.75, 3.05) is 0 Å². The maximum absolute atomic E-state index is 12.6. The number of halogens is 2. The fourth-order valence-electron chi connectivity index (χ4n) is 3.26. The summed E-state index contributed by atoms with van der Waals surface area (Å²) in [5.41, 5.74) is 4.62. The number of carbonyl (C=O) groups excluding carboxylic acids is 1. The van der Waals surface area contributed by atoms with Gasteiger partial charge in [-0.05, 0) is 29.2 Å². The summed E-state index contributed by atoms with van der Waals surface area (Å²) in [7, 11) is 0. The number of hydrogen-bond acceptors (Lipinski definition) is 3. The summed E-state index contributed by atoms with van der Waals surface area (Å²) in [6.07, 6.45) is 6.14. The lowest BCUT2D eigenvalue weighted by molar-refractivity contribution is -0.123. The molecule has 27 heavy (non-hydrogen) atoms. The van der Waals surface area contributed by atoms with E-state index in [-0.39, 0.29) is 36.8 Å². The first-order valence-corrected chi connectivity index (χ1v) is 8.45. The number of para-hydroxylation sites is 1. The molecule has 0 fully saturated rings. The summed E-state index contributed by atoms with van der Waals surface area (Å²) in [6.45, 7) is 1.23. The molecule has 7 heteroatoms. The first-order valence-electron chi connectivity index (χ1n) is 8.45. The molecular weight excluding hydrogens is 383 g/mol. The third-order valence-electron chi connectivity index (χ3n) is 4.63. The number of aromatic nitrogens is 2. The van der Waals surface area contributed by atoms with Crippen LogP contribution >= 0.6 is 24.8 Å². The van der Waals surface area contributed by atoms with Crippen molar-refractivity contribution in [1.29, 1.82) is 0 Å². The van der Waals surface area contributed by atoms with E-state index in [0.717, 1.165) is 24.2 Å². The zero-order valence-corrected chi connectivity index (χ0v) is 16.3. The first-order chi connectivity index (χ1) is 12.3. The van der Waals surface area contributed by atoms with Crippen LogP contribution in [0, 0.1) is 0 Å². The van der Waals surface area contributed by atoms with Gasteiger partial charge in [-0.3, -0.25) is 4.79 Å². The molecule has 0 bridgehead atoms. The Kier molecular flexibility index (Phi) is 7.42. The van der Waals surface area contributed by atoms with Gasteiger partial charge >= 0.3 is 0 Å². The summed E-state index contributed by atoms with van der Waals surface area (Å²) in [5.74, 6) is 0.0370. The highest BCUT2D eigenvalue weighted by molar-refractivity contribution is 5.85. The van der Waals surface area contributed by atoms with Crippen LogP contribution in [0.4, 0.5) is 0 Å². The van der Waals surface area contributed by atoms with Crippen LogP contribution in [0.15, 0.2) is 67.3 Å². The Morgan fingerprint density at radius 1 is 1.11 bits per heavy atom. The highest BCUT2D eigenvalue weighted by atomic mass is 35.5. The van der Waals surface area contributed by atoms with Crippen LogP contribution < -0.4 is 10.6 Å². The average molecular weight is 405 g/mol. The third-order valence-corrected chi connectivity index (χ3v) is 4.63. The number of carbonyl (C=O) groups is 1. The van der Waals surface area contributed by atoms with Crippen LogP contribution in [0.3, 0.4) is 0 Å². The zero-order valence-electron chi connectivity index (χ0n) is 14.7. The van der Waals surface area contributed by atoms with E-state index in [1.807, 2.05) is 47.2 Å². The van der Waals surface area contributed by atoms with E-state index in [1.54, 1.807) is 12.5 Å². The fraction of sp³-hybridized carbons (Fsp3) is 0.200. The Labute approximate surface area is 171 Å². The van der Waals surface area contributed by atoms with Gasteiger partial charge in [0.25, 0.3) is 0 Å². The molecule has 1 atom stereocenters. The topological polar surface area (TPSA) is 59.0 Å². The number of nitrogens with one attached hydrogen (secondary N) is 2. The SMILES string of the molecule is Cl.Cl.O=C(NCc1ccccc1-n1ccnc1)[C@H]1Cc2ccccc2CN1. The highest BCUT2D eigenvalue weighted by Crippen LogP contribution is 2.17. The highest BCUT2D eigenvalue weighted by Gasteiger charge is 2.23. The smallest absolute Gasteiger partial charge is 0.237 e. The van der Waals surface area contributed by atoms with Crippen LogP contribution in [0.5, 0.6) is 0 Å². The normalized spacial score (nSPS) is 15.0. The standard InChI is InChI=1S/C20H20N4O.2ClH/c25-20(18-11-15-5-1-2-6-16(15)12-22-18)23-13-17-7-3-4-8-19(17)24-10-9-21-14-24;;/h1-10,14,18,22H,11-13H2,(H,23,25);2*1H/t18-;;/m1../s1. The Morgan fingerprint density at radius 3 is 2.63 bits per heavy atom. The summed E-state index contributed by atoms with van der Waals surface area (Å²) in [5, 5.41) is 6.39. The summed E-state index contributed by atoms with van der Waals surface area (Å²) in [4.78, 5) is 16.7. The molecule has 0 saturated carbocycles. The third kappa shape index (κ3) is 4.69. The molecule has 0 radical (unpaired) electrons. The number of benzene rings is 2. The number of rotatable bonds is 4. The van der Waals surface area contributed by atoms with Gasteiger partial charge in [0.1, 0.15) is 0 Å². The molecule has 2 N–H and O–H groups in total. The van der Waals surface area contributed by atoms with Crippen LogP contribution in [0.1, 0.15) is 16.7 Å². The van der Waals surface area contributed by atoms with E-state index >= 15 is 0 Å². The molecule has 0 unspecified atom stereocenters. The van der Waals surface area contributed by atoms with E-state index in [9.17, 15) is 4.79 Å². The minimum absolute atomic E-state index is 0. The Morgan fingerprint density at radius 2 is 1.85 bits per heavy atom. The van der Waals surface area contributed by atoms with Gasteiger partial charge in [0, 0.05) is 25.5 Å². The number of imidazole rings is 1. The van der Waals surface area contributed by atoms with Crippen LogP contribution in [0.2, 0.25) is 0 Å². The maximum Gasteiger partial charge on any atom is 0.237 e. The van der Waals surface area contributed by atoms with Gasteiger partial charge in [0.2, 0.25) is 5.91 Å². The van der Waals surface area contributed by atoms with Crippen molar-refractivity contribution in [2.45, 2.75) is 25.6 Å². The molecule has 4 rings (SSSR count). The molecule has 0 spiro atoms. The van der Waals surface area contributed by atoms with Crippen molar-refractivity contribution in [3.05, 3.63) is 83.9 Å². The lowest BCUT2D eigenvalue weighted by atomic mass is 9.95. The minimum Gasteiger partial charge on any atom is -0.351 e. The van der Waals surface area contributed by atoms with E-state index in [1.165, 1.54) is 11.1 Å². The fourth-order valence-corrected chi connectivity index (χ4v) is 3.26. The zero-order chi connectivity index (χ0) is 17.1. The van der Waals surface area contributed by atoms with E-state index in [4.69, 9.17) is 0 Å². The van der Waals surface area contributed by atoms with E-state index in [2.05, 4.69) is 27.8 Å². The molecule has 0 aliphatic carbocycles. The minimum atomic E-state index is -0.185. The molecule has 3 aromatic rings. The van der Waals surface area contributed by atoms with Crippen LogP contribution in [-0.4, -0.2) is 21.5 Å². The van der Waals surface area contributed by atoms with Gasteiger partial charge < -0.3 is 15.2 Å². The second-order valence-corrected chi connectivity index (χ2v) is 6.22. The molecule has 5 nitrogen and oxygen atoms in total. The number of hydrogen-bond donors (Lipinski definition) is 2. The predicted molar refractivity (Wildman–Crippen MR) is 111 cm³/mol. The van der Waals surface area contributed by atoms with Crippen molar-refractivity contribution < 1.29 is 4.79 Å². The van der Waals surface area contributed by atoms with Crippen molar-refractivity contribution in [3.8, 4) is 5.69 Å². The summed E-state index contributed by atoms with van der Waals surface area (Å²) >= 11 is 0. The number of amides is 1. The molecular formula is C20H22Cl2N4O. The predicted octanol–water partition coefficient (Wildman–Crippen LogP) is 3.05. The summed E-state index contributed by atoms with van der Waals surface area (Å²) in [6, 6.07) is 16.1. The van der Waals surface area contributed by atoms with Gasteiger partial charge in [-0.2, -0.15) is 0 Å². The van der Waals surface area contributed by atoms with Crippen molar-refractivity contribution in [1.82, 2.24) is 20.2 Å². The van der Waals surface area contributed by atoms with Gasteiger partial charge in [-0.15, -0.1) is 24.8 Å². The summed E-state index contributed by atoms with van der Waals surface area (Å²) < 4.78 is 1.95. The molecule has 1 amide bonds. The van der Waals surface area contributed by atoms with Crippen LogP contribution in [-0.2, 0) is 24.3 Å². The maximum atomic E-state index is 12.6. The van der Waals surface area contributed by atoms with Gasteiger partial charge in [0.05, 0.1) is 18.1 Å². The molecule has 2 aromatic carbocycles. The molecule has 1 aliphatic heterocycles. The van der Waals surface area contributed by atoms with Crippen molar-refractivity contribution >= 4 is 30.7 Å². The van der Waals surface area contributed by atoms with E-state index in [0.29, 0.717) is 6.54 Å². The lowest BCUT2D eigenvalue weighted by Gasteiger charge is -2.25. The second kappa shape index (κ2) is 9.55. The Balaban J connectivity index is 0.00000131. The van der Waals surface area contributed by atoms with E-state index < -0.39 is 0 Å². The molecule has 1 aromatic heterocycles. The van der Waals surface area contributed by atoms with Crippen molar-refractivity contribution in [2.24, 2.45) is 0 Å². The number of fused-ring (bicyclic) bond motifs is 1. The van der Waals surface area contributed by atoms with Gasteiger partial charge in [-0.1, -0.05) is 42.5 Å². The van der Waals surface area contributed by atoms with Crippen molar-refractivity contribution in [3.63, 3.8) is 0 Å².